The van der Waals surface area contributed by atoms with Gasteiger partial charge in [0, 0.05) is 35.2 Å². The molecule has 1 aromatic heterocycles. The summed E-state index contributed by atoms with van der Waals surface area (Å²) in [5, 5.41) is 2.85. The maximum absolute atomic E-state index is 12.2. The van der Waals surface area contributed by atoms with E-state index in [1.165, 1.54) is 11.8 Å². The van der Waals surface area contributed by atoms with Gasteiger partial charge in [0.05, 0.1) is 25.7 Å². The first-order valence-corrected chi connectivity index (χ1v) is 9.44. The van der Waals surface area contributed by atoms with Crippen molar-refractivity contribution in [3.8, 4) is 23.0 Å². The predicted molar refractivity (Wildman–Crippen MR) is 106 cm³/mol. The number of thioether (sulfide) groups is 1. The number of carbonyl (C=O) groups is 1. The Hall–Kier alpha value is -2.93. The van der Waals surface area contributed by atoms with Crippen molar-refractivity contribution < 1.29 is 18.7 Å². The topological polar surface area (TPSA) is 73.6 Å². The quantitative estimate of drug-likeness (QED) is 0.626. The van der Waals surface area contributed by atoms with Crippen LogP contribution in [-0.4, -0.2) is 30.9 Å². The predicted octanol–water partition coefficient (Wildman–Crippen LogP) is 4.23. The summed E-state index contributed by atoms with van der Waals surface area (Å²) in [4.78, 5) is 16.6. The van der Waals surface area contributed by atoms with Crippen molar-refractivity contribution in [2.75, 3.05) is 25.3 Å². The molecule has 27 heavy (non-hydrogen) atoms. The van der Waals surface area contributed by atoms with Gasteiger partial charge in [-0.2, -0.15) is 0 Å². The molecule has 0 saturated heterocycles. The van der Waals surface area contributed by atoms with Gasteiger partial charge in [-0.05, 0) is 12.1 Å². The molecule has 7 heteroatoms. The van der Waals surface area contributed by atoms with E-state index < -0.39 is 0 Å². The lowest BCUT2D eigenvalue weighted by molar-refractivity contribution is -0.113. The van der Waals surface area contributed by atoms with Crippen LogP contribution in [0.2, 0.25) is 0 Å². The summed E-state index contributed by atoms with van der Waals surface area (Å²) in [5.74, 6) is 2.60. The van der Waals surface area contributed by atoms with Crippen LogP contribution in [0.1, 0.15) is 5.69 Å². The second kappa shape index (κ2) is 9.14. The van der Waals surface area contributed by atoms with E-state index in [4.69, 9.17) is 13.9 Å². The van der Waals surface area contributed by atoms with Crippen molar-refractivity contribution in [2.45, 2.75) is 5.75 Å². The standard InChI is InChI=1S/C20H20N2O4S/c1-24-17-8-15(9-18(10-17)25-2)21-19(23)13-27-12-16-11-26-20(22-16)14-6-4-3-5-7-14/h3-11H,12-13H2,1-2H3,(H,21,23). The molecule has 0 saturated carbocycles. The molecular weight excluding hydrogens is 364 g/mol. The Morgan fingerprint density at radius 1 is 1.11 bits per heavy atom. The molecule has 1 N–H and O–H groups in total. The van der Waals surface area contributed by atoms with Crippen molar-refractivity contribution in [2.24, 2.45) is 0 Å². The molecule has 6 nitrogen and oxygen atoms in total. The van der Waals surface area contributed by atoms with Gasteiger partial charge in [-0.25, -0.2) is 4.98 Å². The molecule has 0 spiro atoms. The highest BCUT2D eigenvalue weighted by Gasteiger charge is 2.09. The molecule has 3 rings (SSSR count). The Morgan fingerprint density at radius 3 is 2.48 bits per heavy atom. The second-order valence-corrected chi connectivity index (χ2v) is 6.64. The molecule has 3 aromatic rings. The van der Waals surface area contributed by atoms with Gasteiger partial charge >= 0.3 is 0 Å². The van der Waals surface area contributed by atoms with Crippen LogP contribution in [-0.2, 0) is 10.5 Å². The summed E-state index contributed by atoms with van der Waals surface area (Å²) in [6.07, 6.45) is 1.63. The van der Waals surface area contributed by atoms with Crippen molar-refractivity contribution in [1.82, 2.24) is 4.98 Å². The van der Waals surface area contributed by atoms with E-state index in [0.29, 0.717) is 34.6 Å². The Labute approximate surface area is 161 Å². The number of rotatable bonds is 8. The number of hydrogen-bond acceptors (Lipinski definition) is 6. The third-order valence-electron chi connectivity index (χ3n) is 3.69. The monoisotopic (exact) mass is 384 g/mol. The highest BCUT2D eigenvalue weighted by Crippen LogP contribution is 2.26. The number of nitrogens with one attached hydrogen (secondary N) is 1. The van der Waals surface area contributed by atoms with Crippen LogP contribution in [0, 0.1) is 0 Å². The molecule has 0 atom stereocenters. The average molecular weight is 384 g/mol. The zero-order valence-electron chi connectivity index (χ0n) is 15.1. The summed E-state index contributed by atoms with van der Waals surface area (Å²) in [6, 6.07) is 14.9. The zero-order chi connectivity index (χ0) is 19.1. The first kappa shape index (κ1) is 18.8. The minimum atomic E-state index is -0.109. The van der Waals surface area contributed by atoms with Crippen LogP contribution in [0.25, 0.3) is 11.5 Å². The molecular formula is C20H20N2O4S. The van der Waals surface area contributed by atoms with Gasteiger partial charge in [-0.3, -0.25) is 4.79 Å². The van der Waals surface area contributed by atoms with Crippen molar-refractivity contribution in [3.63, 3.8) is 0 Å². The van der Waals surface area contributed by atoms with Crippen molar-refractivity contribution in [3.05, 3.63) is 60.5 Å². The minimum absolute atomic E-state index is 0.109. The summed E-state index contributed by atoms with van der Waals surface area (Å²) in [6.45, 7) is 0. The Kier molecular flexibility index (Phi) is 6.38. The van der Waals surface area contributed by atoms with Gasteiger partial charge in [-0.1, -0.05) is 18.2 Å². The van der Waals surface area contributed by atoms with E-state index in [2.05, 4.69) is 10.3 Å². The van der Waals surface area contributed by atoms with E-state index in [1.807, 2.05) is 30.3 Å². The highest BCUT2D eigenvalue weighted by molar-refractivity contribution is 7.99. The fraction of sp³-hybridized carbons (Fsp3) is 0.200. The number of nitrogens with zero attached hydrogens (tertiary/aromatic N) is 1. The van der Waals surface area contributed by atoms with Gasteiger partial charge < -0.3 is 19.2 Å². The fourth-order valence-electron chi connectivity index (χ4n) is 2.41. The molecule has 0 aliphatic heterocycles. The molecule has 0 unspecified atom stereocenters. The molecule has 2 aromatic carbocycles. The molecule has 0 fully saturated rings. The summed E-state index contributed by atoms with van der Waals surface area (Å²) in [7, 11) is 3.13. The van der Waals surface area contributed by atoms with E-state index in [1.54, 1.807) is 38.7 Å². The molecule has 140 valence electrons. The van der Waals surface area contributed by atoms with Gasteiger partial charge in [0.1, 0.15) is 17.8 Å². The maximum Gasteiger partial charge on any atom is 0.234 e. The number of aromatic nitrogens is 1. The molecule has 0 aliphatic carbocycles. The Balaban J connectivity index is 1.51. The number of anilines is 1. The molecule has 1 amide bonds. The number of methoxy groups -OCH3 is 2. The van der Waals surface area contributed by atoms with Gasteiger partial charge in [0.25, 0.3) is 0 Å². The Bertz CT molecular complexity index is 874. The number of ether oxygens (including phenoxy) is 2. The van der Waals surface area contributed by atoms with Gasteiger partial charge in [0.2, 0.25) is 11.8 Å². The van der Waals surface area contributed by atoms with E-state index >= 15 is 0 Å². The summed E-state index contributed by atoms with van der Waals surface area (Å²) >= 11 is 1.47. The fourth-order valence-corrected chi connectivity index (χ4v) is 3.11. The van der Waals surface area contributed by atoms with Crippen molar-refractivity contribution >= 4 is 23.4 Å². The lowest BCUT2D eigenvalue weighted by atomic mass is 10.2. The summed E-state index contributed by atoms with van der Waals surface area (Å²) in [5.41, 5.74) is 2.36. The van der Waals surface area contributed by atoms with Crippen LogP contribution in [0.5, 0.6) is 11.5 Å². The first-order chi connectivity index (χ1) is 13.2. The highest BCUT2D eigenvalue weighted by atomic mass is 32.2. The summed E-state index contributed by atoms with van der Waals surface area (Å²) < 4.78 is 15.9. The number of benzene rings is 2. The van der Waals surface area contributed by atoms with Gasteiger partial charge in [-0.15, -0.1) is 11.8 Å². The van der Waals surface area contributed by atoms with Crippen LogP contribution < -0.4 is 14.8 Å². The van der Waals surface area contributed by atoms with Crippen LogP contribution >= 0.6 is 11.8 Å². The third kappa shape index (κ3) is 5.27. The molecule has 0 bridgehead atoms. The largest absolute Gasteiger partial charge is 0.497 e. The average Bonchev–Trinajstić information content (AvgIpc) is 3.17. The lowest BCUT2D eigenvalue weighted by Crippen LogP contribution is -2.14. The molecule has 0 radical (unpaired) electrons. The van der Waals surface area contributed by atoms with Gasteiger partial charge in [0.15, 0.2) is 0 Å². The molecule has 1 heterocycles. The zero-order valence-corrected chi connectivity index (χ0v) is 15.9. The first-order valence-electron chi connectivity index (χ1n) is 8.28. The normalized spacial score (nSPS) is 10.4. The number of carbonyl (C=O) groups excluding carboxylic acids is 1. The van der Waals surface area contributed by atoms with Crippen molar-refractivity contribution in [1.29, 1.82) is 0 Å². The Morgan fingerprint density at radius 2 is 1.81 bits per heavy atom. The lowest BCUT2D eigenvalue weighted by Gasteiger charge is -2.09. The minimum Gasteiger partial charge on any atom is -0.497 e. The number of amides is 1. The SMILES string of the molecule is COc1cc(NC(=O)CSCc2coc(-c3ccccc3)n2)cc(OC)c1. The van der Waals surface area contributed by atoms with E-state index in [9.17, 15) is 4.79 Å². The number of hydrogen-bond donors (Lipinski definition) is 1. The smallest absolute Gasteiger partial charge is 0.234 e. The second-order valence-electron chi connectivity index (χ2n) is 5.65. The van der Waals surface area contributed by atoms with Crippen LogP contribution in [0.3, 0.4) is 0 Å². The van der Waals surface area contributed by atoms with E-state index in [-0.39, 0.29) is 5.91 Å². The molecule has 0 aliphatic rings. The number of oxazole rings is 1. The third-order valence-corrected chi connectivity index (χ3v) is 4.66. The maximum atomic E-state index is 12.2. The van der Waals surface area contributed by atoms with E-state index in [0.717, 1.165) is 11.3 Å². The van der Waals surface area contributed by atoms with Crippen LogP contribution in [0.4, 0.5) is 5.69 Å². The van der Waals surface area contributed by atoms with Crippen LogP contribution in [0.15, 0.2) is 59.2 Å².